The maximum Gasteiger partial charge on any atom is 0.335 e. The molecule has 7 heteroatoms. The second-order valence-corrected chi connectivity index (χ2v) is 6.28. The van der Waals surface area contributed by atoms with Crippen molar-refractivity contribution in [2.75, 3.05) is 0 Å². The molecule has 0 aliphatic heterocycles. The normalized spacial score (nSPS) is 11.4. The lowest BCUT2D eigenvalue weighted by Crippen LogP contribution is -2.31. The number of H-pyrrole nitrogens is 1. The molecule has 2 aromatic carbocycles. The third-order valence-corrected chi connectivity index (χ3v) is 4.10. The average Bonchev–Trinajstić information content (AvgIpc) is 2.63. The highest BCUT2D eigenvalue weighted by atomic mass is 19.1. The van der Waals surface area contributed by atoms with Crippen LogP contribution in [-0.4, -0.2) is 20.9 Å². The van der Waals surface area contributed by atoms with E-state index >= 15 is 0 Å². The van der Waals surface area contributed by atoms with Crippen molar-refractivity contribution in [2.24, 2.45) is 4.99 Å². The van der Waals surface area contributed by atoms with E-state index in [-0.39, 0.29) is 17.2 Å². The third kappa shape index (κ3) is 3.72. The number of hydrogen-bond donors (Lipinski definition) is 2. The Morgan fingerprint density at radius 2 is 1.78 bits per heavy atom. The Kier molecular flexibility index (Phi) is 5.03. The smallest absolute Gasteiger partial charge is 0.335 e. The molecule has 0 aliphatic carbocycles. The molecule has 0 fully saturated rings. The topological polar surface area (TPSA) is 87.4 Å². The van der Waals surface area contributed by atoms with Gasteiger partial charge in [0.1, 0.15) is 11.4 Å². The highest BCUT2D eigenvalue weighted by Gasteiger charge is 2.14. The summed E-state index contributed by atoms with van der Waals surface area (Å²) in [6, 6.07) is 12.4. The Hall–Kier alpha value is -3.48. The molecule has 0 aliphatic rings. The van der Waals surface area contributed by atoms with Gasteiger partial charge in [-0.3, -0.25) is 14.8 Å². The number of halogens is 1. The van der Waals surface area contributed by atoms with E-state index in [1.165, 1.54) is 18.3 Å². The molecule has 0 saturated heterocycles. The van der Waals surface area contributed by atoms with Crippen molar-refractivity contribution in [2.45, 2.75) is 19.8 Å². The SMILES string of the molecule is CC(C)c1ccccc1N=Cc1c(O)n(-c2ccc(F)cc2)c(=O)[nH]c1=O. The van der Waals surface area contributed by atoms with Crippen molar-refractivity contribution in [3.8, 4) is 11.6 Å². The number of aromatic amines is 1. The first kappa shape index (κ1) is 18.3. The number of aromatic nitrogens is 2. The Labute approximate surface area is 154 Å². The molecule has 0 saturated carbocycles. The van der Waals surface area contributed by atoms with Crippen molar-refractivity contribution in [3.63, 3.8) is 0 Å². The van der Waals surface area contributed by atoms with E-state index in [4.69, 9.17) is 0 Å². The summed E-state index contributed by atoms with van der Waals surface area (Å²) in [6.45, 7) is 4.04. The summed E-state index contributed by atoms with van der Waals surface area (Å²) >= 11 is 0. The molecule has 0 bridgehead atoms. The van der Waals surface area contributed by atoms with Crippen LogP contribution in [0.15, 0.2) is 63.1 Å². The van der Waals surface area contributed by atoms with E-state index in [1.54, 1.807) is 6.07 Å². The summed E-state index contributed by atoms with van der Waals surface area (Å²) in [5.41, 5.74) is 0.0951. The summed E-state index contributed by atoms with van der Waals surface area (Å²) in [4.78, 5) is 30.7. The van der Waals surface area contributed by atoms with Crippen LogP contribution in [0.3, 0.4) is 0 Å². The molecule has 138 valence electrons. The molecule has 0 radical (unpaired) electrons. The van der Waals surface area contributed by atoms with Crippen LogP contribution in [0.4, 0.5) is 10.1 Å². The van der Waals surface area contributed by atoms with Crippen LogP contribution < -0.4 is 11.2 Å². The van der Waals surface area contributed by atoms with Crippen molar-refractivity contribution >= 4 is 11.9 Å². The van der Waals surface area contributed by atoms with Crippen molar-refractivity contribution in [1.82, 2.24) is 9.55 Å². The quantitative estimate of drug-likeness (QED) is 0.694. The maximum atomic E-state index is 13.1. The van der Waals surface area contributed by atoms with Gasteiger partial charge >= 0.3 is 5.69 Å². The van der Waals surface area contributed by atoms with Gasteiger partial charge in [-0.05, 0) is 41.8 Å². The van der Waals surface area contributed by atoms with Gasteiger partial charge in [-0.25, -0.2) is 13.8 Å². The lowest BCUT2D eigenvalue weighted by Gasteiger charge is -2.10. The summed E-state index contributed by atoms with van der Waals surface area (Å²) < 4.78 is 14.0. The largest absolute Gasteiger partial charge is 0.493 e. The molecule has 0 atom stereocenters. The number of nitrogens with zero attached hydrogens (tertiary/aromatic N) is 2. The fraction of sp³-hybridized carbons (Fsp3) is 0.150. The lowest BCUT2D eigenvalue weighted by molar-refractivity contribution is 0.430. The lowest BCUT2D eigenvalue weighted by atomic mass is 10.0. The number of aromatic hydroxyl groups is 1. The first-order chi connectivity index (χ1) is 12.9. The number of hydrogen-bond acceptors (Lipinski definition) is 4. The average molecular weight is 367 g/mol. The van der Waals surface area contributed by atoms with E-state index in [0.29, 0.717) is 5.69 Å². The minimum atomic E-state index is -0.830. The minimum absolute atomic E-state index is 0.169. The molecule has 0 unspecified atom stereocenters. The Morgan fingerprint density at radius 1 is 1.11 bits per heavy atom. The van der Waals surface area contributed by atoms with Crippen molar-refractivity contribution in [1.29, 1.82) is 0 Å². The molecule has 27 heavy (non-hydrogen) atoms. The van der Waals surface area contributed by atoms with Gasteiger partial charge in [0.25, 0.3) is 5.56 Å². The van der Waals surface area contributed by atoms with E-state index < -0.39 is 22.9 Å². The van der Waals surface area contributed by atoms with Gasteiger partial charge in [0, 0.05) is 6.21 Å². The highest BCUT2D eigenvalue weighted by Crippen LogP contribution is 2.26. The second-order valence-electron chi connectivity index (χ2n) is 6.28. The van der Waals surface area contributed by atoms with Gasteiger partial charge in [0.2, 0.25) is 5.88 Å². The fourth-order valence-electron chi connectivity index (χ4n) is 2.71. The highest BCUT2D eigenvalue weighted by molar-refractivity contribution is 5.84. The van der Waals surface area contributed by atoms with E-state index in [1.807, 2.05) is 32.0 Å². The van der Waals surface area contributed by atoms with Crippen LogP contribution in [0.25, 0.3) is 5.69 Å². The van der Waals surface area contributed by atoms with Crippen molar-refractivity contribution < 1.29 is 9.50 Å². The maximum absolute atomic E-state index is 13.1. The van der Waals surface area contributed by atoms with Crippen LogP contribution in [0.2, 0.25) is 0 Å². The van der Waals surface area contributed by atoms with Crippen LogP contribution >= 0.6 is 0 Å². The fourth-order valence-corrected chi connectivity index (χ4v) is 2.71. The van der Waals surface area contributed by atoms with Gasteiger partial charge in [-0.15, -0.1) is 0 Å². The van der Waals surface area contributed by atoms with Crippen LogP contribution in [0.5, 0.6) is 5.88 Å². The van der Waals surface area contributed by atoms with E-state index in [2.05, 4.69) is 9.98 Å². The third-order valence-electron chi connectivity index (χ3n) is 4.10. The number of rotatable bonds is 4. The zero-order valence-corrected chi connectivity index (χ0v) is 14.8. The first-order valence-electron chi connectivity index (χ1n) is 8.35. The van der Waals surface area contributed by atoms with E-state index in [0.717, 1.165) is 22.3 Å². The summed E-state index contributed by atoms with van der Waals surface area (Å²) in [5, 5.41) is 10.5. The van der Waals surface area contributed by atoms with Gasteiger partial charge in [-0.2, -0.15) is 0 Å². The molecule has 3 aromatic rings. The zero-order valence-electron chi connectivity index (χ0n) is 14.8. The molecule has 1 aromatic heterocycles. The number of nitrogens with one attached hydrogen (secondary N) is 1. The molecule has 0 amide bonds. The molecule has 0 spiro atoms. The summed E-state index contributed by atoms with van der Waals surface area (Å²) in [5.74, 6) is -0.831. The Morgan fingerprint density at radius 3 is 2.44 bits per heavy atom. The monoisotopic (exact) mass is 367 g/mol. The summed E-state index contributed by atoms with van der Waals surface area (Å²) in [6.07, 6.45) is 1.22. The van der Waals surface area contributed by atoms with Crippen LogP contribution in [-0.2, 0) is 0 Å². The second kappa shape index (κ2) is 7.41. The molecule has 3 rings (SSSR count). The Balaban J connectivity index is 2.12. The van der Waals surface area contributed by atoms with Gasteiger partial charge in [0.05, 0.1) is 11.4 Å². The number of benzene rings is 2. The Bertz CT molecular complexity index is 1110. The van der Waals surface area contributed by atoms with Crippen LogP contribution in [0, 0.1) is 5.82 Å². The van der Waals surface area contributed by atoms with E-state index in [9.17, 15) is 19.1 Å². The number of aliphatic imine (C=N–C) groups is 1. The van der Waals surface area contributed by atoms with Gasteiger partial charge < -0.3 is 5.11 Å². The number of para-hydroxylation sites is 1. The molecular weight excluding hydrogens is 349 g/mol. The van der Waals surface area contributed by atoms with Crippen molar-refractivity contribution in [3.05, 3.63) is 86.3 Å². The molecular formula is C20H18FN3O3. The molecule has 1 heterocycles. The first-order valence-corrected chi connectivity index (χ1v) is 8.35. The molecule has 6 nitrogen and oxygen atoms in total. The zero-order chi connectivity index (χ0) is 19.6. The van der Waals surface area contributed by atoms with Gasteiger partial charge in [-0.1, -0.05) is 32.0 Å². The predicted molar refractivity (Wildman–Crippen MR) is 102 cm³/mol. The standard InChI is InChI=1S/C20H18FN3O3/c1-12(2)15-5-3-4-6-17(15)22-11-16-18(25)23-20(27)24(19(16)26)14-9-7-13(21)8-10-14/h3-12,26H,1-2H3,(H,23,25,27). The minimum Gasteiger partial charge on any atom is -0.493 e. The van der Waals surface area contributed by atoms with Crippen LogP contribution in [0.1, 0.15) is 30.9 Å². The molecule has 2 N–H and O–H groups in total. The predicted octanol–water partition coefficient (Wildman–Crippen LogP) is 3.24. The summed E-state index contributed by atoms with van der Waals surface area (Å²) in [7, 11) is 0. The van der Waals surface area contributed by atoms with Gasteiger partial charge in [0.15, 0.2) is 0 Å².